The second kappa shape index (κ2) is 6.35. The molecule has 130 valence electrons. The van der Waals surface area contributed by atoms with Crippen LogP contribution in [-0.2, 0) is 22.6 Å². The third-order valence-corrected chi connectivity index (χ3v) is 4.89. The number of nitrogens with zero attached hydrogens (tertiary/aromatic N) is 3. The Kier molecular flexibility index (Phi) is 4.03. The number of carbonyl (C=O) groups excluding carboxylic acids is 2. The molecule has 0 unspecified atom stereocenters. The van der Waals surface area contributed by atoms with E-state index in [0.717, 1.165) is 24.1 Å². The fourth-order valence-corrected chi connectivity index (χ4v) is 3.43. The van der Waals surface area contributed by atoms with Crippen molar-refractivity contribution in [2.75, 3.05) is 13.2 Å². The lowest BCUT2D eigenvalue weighted by molar-refractivity contribution is -0.130. The summed E-state index contributed by atoms with van der Waals surface area (Å²) < 4.78 is 6.69. The third kappa shape index (κ3) is 3.29. The molecule has 1 aromatic heterocycles. The molecule has 4 rings (SSSR count). The van der Waals surface area contributed by atoms with Crippen molar-refractivity contribution in [2.24, 2.45) is 11.8 Å². The molecule has 1 amide bonds. The average Bonchev–Trinajstić information content (AvgIpc) is 3.10. The van der Waals surface area contributed by atoms with Crippen LogP contribution >= 0.6 is 0 Å². The highest BCUT2D eigenvalue weighted by atomic mass is 16.5. The Hall–Kier alpha value is -2.63. The van der Waals surface area contributed by atoms with E-state index in [4.69, 9.17) is 4.74 Å². The number of esters is 1. The van der Waals surface area contributed by atoms with Gasteiger partial charge in [-0.25, -0.2) is 4.79 Å². The number of ether oxygens (including phenoxy) is 1. The van der Waals surface area contributed by atoms with Gasteiger partial charge >= 0.3 is 5.97 Å². The molecule has 1 saturated carbocycles. The molecule has 2 aromatic rings. The minimum atomic E-state index is -0.350. The van der Waals surface area contributed by atoms with Crippen molar-refractivity contribution in [2.45, 2.75) is 26.4 Å². The number of piperidine rings is 1. The molecule has 1 aromatic carbocycles. The number of fused-ring (bicyclic) bond motifs is 1. The topological polar surface area (TPSA) is 64.4 Å². The maximum absolute atomic E-state index is 12.0. The molecule has 2 aliphatic rings. The van der Waals surface area contributed by atoms with E-state index in [1.807, 2.05) is 17.0 Å². The van der Waals surface area contributed by atoms with Crippen LogP contribution in [-0.4, -0.2) is 39.7 Å². The van der Waals surface area contributed by atoms with Gasteiger partial charge in [-0.2, -0.15) is 5.10 Å². The van der Waals surface area contributed by atoms with Crippen LogP contribution in [0.3, 0.4) is 0 Å². The highest BCUT2D eigenvalue weighted by Crippen LogP contribution is 2.46. The second-order valence-electron chi connectivity index (χ2n) is 6.78. The van der Waals surface area contributed by atoms with Gasteiger partial charge in [0, 0.05) is 25.2 Å². The maximum Gasteiger partial charge on any atom is 0.341 e. The lowest BCUT2D eigenvalue weighted by Gasteiger charge is -2.18. The van der Waals surface area contributed by atoms with Gasteiger partial charge in [0.2, 0.25) is 5.91 Å². The molecular formula is C19H21N3O3. The smallest absolute Gasteiger partial charge is 0.341 e. The maximum atomic E-state index is 12.0. The molecule has 6 nitrogen and oxygen atoms in total. The predicted octanol–water partition coefficient (Wildman–Crippen LogP) is 2.09. The van der Waals surface area contributed by atoms with Crippen molar-refractivity contribution in [3.63, 3.8) is 0 Å². The van der Waals surface area contributed by atoms with Crippen LogP contribution in [0, 0.1) is 11.8 Å². The normalized spacial score (nSPS) is 21.3. The third-order valence-electron chi connectivity index (χ3n) is 4.89. The fourth-order valence-electron chi connectivity index (χ4n) is 3.43. The van der Waals surface area contributed by atoms with Crippen LogP contribution in [0.15, 0.2) is 36.7 Å². The lowest BCUT2D eigenvalue weighted by Crippen LogP contribution is -2.27. The minimum Gasteiger partial charge on any atom is -0.462 e. The van der Waals surface area contributed by atoms with E-state index in [-0.39, 0.29) is 5.97 Å². The molecule has 2 heterocycles. The molecule has 25 heavy (non-hydrogen) atoms. The lowest BCUT2D eigenvalue weighted by atomic mass is 10.1. The summed E-state index contributed by atoms with van der Waals surface area (Å²) >= 11 is 0. The average molecular weight is 339 g/mol. The Morgan fingerprint density at radius 3 is 2.60 bits per heavy atom. The highest BCUT2D eigenvalue weighted by Gasteiger charge is 2.51. The summed E-state index contributed by atoms with van der Waals surface area (Å²) in [6, 6.07) is 8.20. The molecule has 0 spiro atoms. The molecular weight excluding hydrogens is 318 g/mol. The molecule has 1 aliphatic heterocycles. The first-order valence-corrected chi connectivity index (χ1v) is 8.70. The summed E-state index contributed by atoms with van der Waals surface area (Å²) in [6.07, 6.45) is 4.31. The van der Waals surface area contributed by atoms with E-state index in [1.165, 1.54) is 6.20 Å². The molecule has 1 saturated heterocycles. The van der Waals surface area contributed by atoms with Gasteiger partial charge in [-0.3, -0.25) is 9.48 Å². The zero-order valence-electron chi connectivity index (χ0n) is 14.2. The van der Waals surface area contributed by atoms with Crippen LogP contribution in [0.2, 0.25) is 0 Å². The zero-order chi connectivity index (χ0) is 17.4. The summed E-state index contributed by atoms with van der Waals surface area (Å²) in [6.45, 7) is 4.33. The zero-order valence-corrected chi connectivity index (χ0v) is 14.2. The van der Waals surface area contributed by atoms with Gasteiger partial charge < -0.3 is 9.64 Å². The fraction of sp³-hybridized carbons (Fsp3) is 0.421. The number of carbonyl (C=O) groups is 2. The number of hydrogen-bond donors (Lipinski definition) is 0. The summed E-state index contributed by atoms with van der Waals surface area (Å²) in [5, 5.41) is 4.21. The molecule has 2 atom stereocenters. The Bertz CT molecular complexity index is 797. The van der Waals surface area contributed by atoms with Crippen LogP contribution < -0.4 is 0 Å². The standard InChI is InChI=1S/C19H21N3O3/c1-2-25-19(24)16-8-20-22(12-16)10-14-5-3-13(4-6-14)9-21-11-15-7-17(15)18(21)23/h3-6,8,12,15,17H,2,7,9-11H2,1H3/t15-,17-/m1/s1. The van der Waals surface area contributed by atoms with Gasteiger partial charge in [0.1, 0.15) is 0 Å². The number of amides is 1. The first kappa shape index (κ1) is 15.9. The van der Waals surface area contributed by atoms with E-state index in [9.17, 15) is 9.59 Å². The van der Waals surface area contributed by atoms with Gasteiger partial charge in [0.25, 0.3) is 0 Å². The van der Waals surface area contributed by atoms with Crippen molar-refractivity contribution in [3.8, 4) is 0 Å². The Labute approximate surface area is 146 Å². The number of aromatic nitrogens is 2. The number of hydrogen-bond acceptors (Lipinski definition) is 4. The number of rotatable bonds is 6. The molecule has 0 bridgehead atoms. The largest absolute Gasteiger partial charge is 0.462 e. The van der Waals surface area contributed by atoms with E-state index in [1.54, 1.807) is 17.8 Å². The first-order chi connectivity index (χ1) is 12.1. The number of benzene rings is 1. The van der Waals surface area contributed by atoms with Crippen LogP contribution in [0.25, 0.3) is 0 Å². The quantitative estimate of drug-likeness (QED) is 0.756. The summed E-state index contributed by atoms with van der Waals surface area (Å²) in [7, 11) is 0. The van der Waals surface area contributed by atoms with Crippen molar-refractivity contribution >= 4 is 11.9 Å². The van der Waals surface area contributed by atoms with E-state index < -0.39 is 0 Å². The Morgan fingerprint density at radius 2 is 1.96 bits per heavy atom. The Balaban J connectivity index is 1.36. The van der Waals surface area contributed by atoms with Crippen LogP contribution in [0.4, 0.5) is 0 Å². The predicted molar refractivity (Wildman–Crippen MR) is 90.7 cm³/mol. The van der Waals surface area contributed by atoms with Crippen LogP contribution in [0.1, 0.15) is 34.8 Å². The van der Waals surface area contributed by atoms with Gasteiger partial charge in [-0.15, -0.1) is 0 Å². The second-order valence-corrected chi connectivity index (χ2v) is 6.78. The SMILES string of the molecule is CCOC(=O)c1cnn(Cc2ccc(CN3C[C@H]4C[C@H]4C3=O)cc2)c1. The first-order valence-electron chi connectivity index (χ1n) is 8.70. The minimum absolute atomic E-state index is 0.313. The van der Waals surface area contributed by atoms with Crippen molar-refractivity contribution in [3.05, 3.63) is 53.3 Å². The van der Waals surface area contributed by atoms with Gasteiger partial charge in [-0.05, 0) is 30.4 Å². The van der Waals surface area contributed by atoms with Crippen molar-refractivity contribution < 1.29 is 14.3 Å². The summed E-state index contributed by atoms with van der Waals surface area (Å²) in [4.78, 5) is 25.7. The van der Waals surface area contributed by atoms with Gasteiger partial charge in [-0.1, -0.05) is 24.3 Å². The summed E-state index contributed by atoms with van der Waals surface area (Å²) in [5.74, 6) is 0.891. The van der Waals surface area contributed by atoms with Crippen LogP contribution in [0.5, 0.6) is 0 Å². The Morgan fingerprint density at radius 1 is 1.24 bits per heavy atom. The molecule has 2 fully saturated rings. The molecule has 6 heteroatoms. The van der Waals surface area contributed by atoms with E-state index in [2.05, 4.69) is 17.2 Å². The molecule has 1 aliphatic carbocycles. The van der Waals surface area contributed by atoms with Gasteiger partial charge in [0.15, 0.2) is 0 Å². The molecule has 0 N–H and O–H groups in total. The number of likely N-dealkylation sites (tertiary alicyclic amines) is 1. The van der Waals surface area contributed by atoms with Gasteiger partial charge in [0.05, 0.1) is 24.9 Å². The van der Waals surface area contributed by atoms with Crippen molar-refractivity contribution in [1.29, 1.82) is 0 Å². The monoisotopic (exact) mass is 339 g/mol. The summed E-state index contributed by atoms with van der Waals surface area (Å²) in [5.41, 5.74) is 2.70. The van der Waals surface area contributed by atoms with E-state index in [0.29, 0.717) is 43.0 Å². The van der Waals surface area contributed by atoms with Crippen molar-refractivity contribution in [1.82, 2.24) is 14.7 Å². The molecule has 0 radical (unpaired) electrons. The van der Waals surface area contributed by atoms with E-state index >= 15 is 0 Å². The highest BCUT2D eigenvalue weighted by molar-refractivity contribution is 5.88.